The van der Waals surface area contributed by atoms with Crippen LogP contribution in [-0.2, 0) is 4.79 Å². The van der Waals surface area contributed by atoms with Gasteiger partial charge in [-0.15, -0.1) is 11.8 Å². The van der Waals surface area contributed by atoms with E-state index in [9.17, 15) is 4.79 Å². The van der Waals surface area contributed by atoms with Crippen molar-refractivity contribution in [3.05, 3.63) is 34.9 Å². The second kappa shape index (κ2) is 7.73. The number of H-pyrrole nitrogens is 1. The average Bonchev–Trinajstić information content (AvgIpc) is 2.89. The van der Waals surface area contributed by atoms with Crippen molar-refractivity contribution in [3.8, 4) is 11.8 Å². The molecule has 2 rings (SSSR count). The number of carbonyl (C=O) groups excluding carboxylic acids is 1. The molecule has 0 saturated heterocycles. The fourth-order valence-corrected chi connectivity index (χ4v) is 2.42. The molecule has 0 radical (unpaired) electrons. The summed E-state index contributed by atoms with van der Waals surface area (Å²) >= 11 is 7.19. The Morgan fingerprint density at radius 3 is 2.86 bits per heavy atom. The van der Waals surface area contributed by atoms with Gasteiger partial charge in [-0.3, -0.25) is 9.89 Å². The third kappa shape index (κ3) is 4.16. The molecule has 2 aromatic rings. The molecule has 0 aliphatic carbocycles. The van der Waals surface area contributed by atoms with Crippen molar-refractivity contribution >= 4 is 35.1 Å². The van der Waals surface area contributed by atoms with Gasteiger partial charge >= 0.3 is 0 Å². The van der Waals surface area contributed by atoms with Crippen molar-refractivity contribution in [2.75, 3.05) is 17.7 Å². The van der Waals surface area contributed by atoms with Gasteiger partial charge in [-0.05, 0) is 30.0 Å². The number of aromatic amines is 1. The van der Waals surface area contributed by atoms with Crippen LogP contribution < -0.4 is 10.1 Å². The van der Waals surface area contributed by atoms with Crippen molar-refractivity contribution in [2.45, 2.75) is 11.9 Å². The normalized spacial score (nSPS) is 10.0. The molecule has 22 heavy (non-hydrogen) atoms. The predicted octanol–water partition coefficient (Wildman–Crippen LogP) is 3.06. The first-order chi connectivity index (χ1) is 10.6. The zero-order valence-electron chi connectivity index (χ0n) is 11.7. The van der Waals surface area contributed by atoms with Crippen LogP contribution >= 0.6 is 23.4 Å². The zero-order chi connectivity index (χ0) is 15.9. The number of carbonyl (C=O) groups is 1. The van der Waals surface area contributed by atoms with Crippen LogP contribution in [0, 0.1) is 11.3 Å². The quantitative estimate of drug-likeness (QED) is 0.791. The number of ether oxygens (including phenoxy) is 1. The molecule has 1 heterocycles. The summed E-state index contributed by atoms with van der Waals surface area (Å²) in [7, 11) is 0. The lowest BCUT2D eigenvalue weighted by Crippen LogP contribution is -2.20. The molecule has 0 unspecified atom stereocenters. The second-order valence-electron chi connectivity index (χ2n) is 4.11. The van der Waals surface area contributed by atoms with Crippen LogP contribution in [0.3, 0.4) is 0 Å². The minimum absolute atomic E-state index is 0.179. The van der Waals surface area contributed by atoms with Crippen LogP contribution in [-0.4, -0.2) is 28.5 Å². The molecule has 8 heteroatoms. The summed E-state index contributed by atoms with van der Waals surface area (Å²) in [6.07, 6.45) is 0. The maximum Gasteiger partial charge on any atom is 0.263 e. The lowest BCUT2D eigenvalue weighted by molar-refractivity contribution is -0.118. The summed E-state index contributed by atoms with van der Waals surface area (Å²) < 4.78 is 5.33. The molecule has 0 fully saturated rings. The summed E-state index contributed by atoms with van der Waals surface area (Å²) in [5.41, 5.74) is 0.326. The number of hydrogen-bond donors (Lipinski definition) is 2. The molecule has 2 N–H and O–H groups in total. The number of benzene rings is 1. The van der Waals surface area contributed by atoms with Crippen molar-refractivity contribution in [1.29, 1.82) is 5.26 Å². The molecule has 0 spiro atoms. The van der Waals surface area contributed by atoms with Gasteiger partial charge in [-0.2, -0.15) is 10.4 Å². The highest BCUT2D eigenvalue weighted by Crippen LogP contribution is 2.24. The van der Waals surface area contributed by atoms with E-state index in [4.69, 9.17) is 21.6 Å². The largest absolute Gasteiger partial charge is 0.484 e. The third-order valence-electron chi connectivity index (χ3n) is 2.57. The Labute approximate surface area is 136 Å². The molecular weight excluding hydrogens is 324 g/mol. The van der Waals surface area contributed by atoms with Crippen molar-refractivity contribution < 1.29 is 9.53 Å². The number of halogens is 1. The van der Waals surface area contributed by atoms with Crippen LogP contribution in [0.5, 0.6) is 5.75 Å². The van der Waals surface area contributed by atoms with E-state index in [1.54, 1.807) is 24.3 Å². The molecule has 0 atom stereocenters. The van der Waals surface area contributed by atoms with Gasteiger partial charge in [-0.1, -0.05) is 18.5 Å². The average molecular weight is 337 g/mol. The molecular formula is C14H13ClN4O2S. The number of nitrogens with zero attached hydrogens (tertiary/aromatic N) is 2. The van der Waals surface area contributed by atoms with Gasteiger partial charge in [0, 0.05) is 5.02 Å². The summed E-state index contributed by atoms with van der Waals surface area (Å²) in [6.45, 7) is 1.78. The maximum atomic E-state index is 11.9. The number of nitriles is 1. The first-order valence-electron chi connectivity index (χ1n) is 6.43. The fourth-order valence-electron chi connectivity index (χ4n) is 1.62. The molecule has 6 nitrogen and oxygen atoms in total. The van der Waals surface area contributed by atoms with E-state index in [0.717, 1.165) is 5.75 Å². The highest BCUT2D eigenvalue weighted by molar-refractivity contribution is 7.99. The molecule has 0 bridgehead atoms. The monoisotopic (exact) mass is 336 g/mol. The van der Waals surface area contributed by atoms with E-state index in [0.29, 0.717) is 21.4 Å². The van der Waals surface area contributed by atoms with E-state index >= 15 is 0 Å². The number of aromatic nitrogens is 2. The van der Waals surface area contributed by atoms with Gasteiger partial charge in [0.2, 0.25) is 0 Å². The van der Waals surface area contributed by atoms with Gasteiger partial charge in [0.1, 0.15) is 28.2 Å². The summed E-state index contributed by atoms with van der Waals surface area (Å²) in [5, 5.41) is 19.5. The number of thioether (sulfide) groups is 1. The number of amides is 1. The molecule has 0 aliphatic heterocycles. The van der Waals surface area contributed by atoms with Gasteiger partial charge in [0.15, 0.2) is 6.61 Å². The molecule has 1 aromatic carbocycles. The summed E-state index contributed by atoms with van der Waals surface area (Å²) in [5.74, 6) is 1.21. The Hall–Kier alpha value is -2.17. The smallest absolute Gasteiger partial charge is 0.263 e. The summed E-state index contributed by atoms with van der Waals surface area (Å²) in [4.78, 5) is 11.9. The van der Waals surface area contributed by atoms with Crippen molar-refractivity contribution in [3.63, 3.8) is 0 Å². The van der Waals surface area contributed by atoms with Crippen molar-refractivity contribution in [2.24, 2.45) is 0 Å². The van der Waals surface area contributed by atoms with Gasteiger partial charge in [0.25, 0.3) is 5.91 Å². The Balaban J connectivity index is 1.95. The van der Waals surface area contributed by atoms with Crippen LogP contribution in [0.25, 0.3) is 0 Å². The topological polar surface area (TPSA) is 90.8 Å². The van der Waals surface area contributed by atoms with Gasteiger partial charge < -0.3 is 10.1 Å². The Kier molecular flexibility index (Phi) is 5.69. The SMILES string of the molecule is CCSc1n[nH]c(NC(=O)COc2ccc(Cl)cc2)c1C#N. The van der Waals surface area contributed by atoms with Crippen LogP contribution in [0.4, 0.5) is 5.82 Å². The van der Waals surface area contributed by atoms with Gasteiger partial charge in [0.05, 0.1) is 0 Å². The minimum atomic E-state index is -0.386. The Morgan fingerprint density at radius 2 is 2.23 bits per heavy atom. The van der Waals surface area contributed by atoms with Gasteiger partial charge in [-0.25, -0.2) is 0 Å². The fraction of sp³-hybridized carbons (Fsp3) is 0.214. The van der Waals surface area contributed by atoms with E-state index < -0.39 is 0 Å². The number of hydrogen-bond acceptors (Lipinski definition) is 5. The van der Waals surface area contributed by atoms with Crippen LogP contribution in [0.2, 0.25) is 5.02 Å². The minimum Gasteiger partial charge on any atom is -0.484 e. The lowest BCUT2D eigenvalue weighted by Gasteiger charge is -2.06. The molecule has 114 valence electrons. The first kappa shape index (κ1) is 16.2. The van der Waals surface area contributed by atoms with E-state index in [1.165, 1.54) is 11.8 Å². The molecule has 1 aromatic heterocycles. The van der Waals surface area contributed by atoms with Crippen LogP contribution in [0.1, 0.15) is 12.5 Å². The Bertz CT molecular complexity index is 694. The van der Waals surface area contributed by atoms with E-state index in [1.807, 2.05) is 13.0 Å². The van der Waals surface area contributed by atoms with E-state index in [-0.39, 0.29) is 18.3 Å². The molecule has 0 saturated carbocycles. The maximum absolute atomic E-state index is 11.9. The molecule has 1 amide bonds. The van der Waals surface area contributed by atoms with E-state index in [2.05, 4.69) is 15.5 Å². The number of anilines is 1. The number of rotatable bonds is 6. The lowest BCUT2D eigenvalue weighted by atomic mass is 10.3. The highest BCUT2D eigenvalue weighted by Gasteiger charge is 2.15. The standard InChI is InChI=1S/C14H13ClN4O2S/c1-2-22-14-11(7-16)13(18-19-14)17-12(20)8-21-10-5-3-9(15)4-6-10/h3-6H,2,8H2,1H3,(H2,17,18,19,20). The van der Waals surface area contributed by atoms with Crippen molar-refractivity contribution in [1.82, 2.24) is 10.2 Å². The molecule has 0 aliphatic rings. The summed E-state index contributed by atoms with van der Waals surface area (Å²) in [6, 6.07) is 8.71. The predicted molar refractivity (Wildman–Crippen MR) is 85.3 cm³/mol. The highest BCUT2D eigenvalue weighted by atomic mass is 35.5. The second-order valence-corrected chi connectivity index (χ2v) is 5.80. The third-order valence-corrected chi connectivity index (χ3v) is 3.68. The zero-order valence-corrected chi connectivity index (χ0v) is 13.3. The first-order valence-corrected chi connectivity index (χ1v) is 7.80. The van der Waals surface area contributed by atoms with Crippen LogP contribution in [0.15, 0.2) is 29.3 Å². The number of nitrogens with one attached hydrogen (secondary N) is 2. The Morgan fingerprint density at radius 1 is 1.50 bits per heavy atom.